The van der Waals surface area contributed by atoms with Crippen LogP contribution in [0.2, 0.25) is 5.02 Å². The van der Waals surface area contributed by atoms with Gasteiger partial charge in [0.2, 0.25) is 0 Å². The Hall–Kier alpha value is -1.45. The van der Waals surface area contributed by atoms with Crippen molar-refractivity contribution in [3.8, 4) is 0 Å². The smallest absolute Gasteiger partial charge is 0.153 e. The molecule has 18 heavy (non-hydrogen) atoms. The number of hydrogen-bond donors (Lipinski definition) is 1. The molecule has 0 aliphatic rings. The van der Waals surface area contributed by atoms with Crippen molar-refractivity contribution >= 4 is 33.5 Å². The van der Waals surface area contributed by atoms with Crippen molar-refractivity contribution in [1.29, 1.82) is 0 Å². The number of nitrogens with two attached hydrogens (primary N) is 1. The maximum Gasteiger partial charge on any atom is 0.153 e. The predicted octanol–water partition coefficient (Wildman–Crippen LogP) is 4.11. The van der Waals surface area contributed by atoms with E-state index in [0.717, 1.165) is 21.9 Å². The van der Waals surface area contributed by atoms with Gasteiger partial charge in [-0.3, -0.25) is 0 Å². The lowest BCUT2D eigenvalue weighted by Gasteiger charge is -2.19. The number of fused-ring (bicyclic) bond motifs is 2. The van der Waals surface area contributed by atoms with Crippen LogP contribution in [0.25, 0.3) is 21.9 Å². The Labute approximate surface area is 109 Å². The Morgan fingerprint density at radius 1 is 1.11 bits per heavy atom. The maximum absolute atomic E-state index is 6.32. The molecular formula is C14H14ClNO2. The molecule has 0 saturated carbocycles. The van der Waals surface area contributed by atoms with E-state index in [1.807, 2.05) is 26.0 Å². The summed E-state index contributed by atoms with van der Waals surface area (Å²) in [4.78, 5) is 0. The van der Waals surface area contributed by atoms with Crippen molar-refractivity contribution in [3.05, 3.63) is 35.2 Å². The highest BCUT2D eigenvalue weighted by Crippen LogP contribution is 2.38. The number of rotatable bonds is 2. The molecule has 0 atom stereocenters. The quantitative estimate of drug-likeness (QED) is 0.757. The Morgan fingerprint density at radius 2 is 1.72 bits per heavy atom. The largest absolute Gasteiger partial charge is 0.464 e. The van der Waals surface area contributed by atoms with Gasteiger partial charge in [-0.1, -0.05) is 11.6 Å². The summed E-state index contributed by atoms with van der Waals surface area (Å²) < 4.78 is 11.0. The molecule has 1 aromatic carbocycles. The van der Waals surface area contributed by atoms with Gasteiger partial charge in [0.1, 0.15) is 5.58 Å². The molecule has 0 radical (unpaired) electrons. The van der Waals surface area contributed by atoms with Gasteiger partial charge in [0.05, 0.1) is 17.5 Å². The highest BCUT2D eigenvalue weighted by molar-refractivity contribution is 6.40. The van der Waals surface area contributed by atoms with E-state index < -0.39 is 0 Å². The van der Waals surface area contributed by atoms with E-state index in [1.165, 1.54) is 0 Å². The fraction of sp³-hybridized carbons (Fsp3) is 0.286. The SMILES string of the molecule is CC(C)(N)Cc1c2ccoc2c(Cl)c2ccoc12. The Morgan fingerprint density at radius 3 is 2.39 bits per heavy atom. The minimum atomic E-state index is -0.322. The molecule has 3 aromatic rings. The van der Waals surface area contributed by atoms with Crippen molar-refractivity contribution < 1.29 is 8.83 Å². The second-order valence-electron chi connectivity index (χ2n) is 5.28. The standard InChI is InChI=1S/C14H14ClNO2/c1-14(2,16)7-10-8-3-5-18-13(8)11(15)9-4-6-17-12(9)10/h3-6H,7,16H2,1-2H3. The fourth-order valence-corrected chi connectivity index (χ4v) is 2.60. The first-order valence-electron chi connectivity index (χ1n) is 5.81. The molecule has 0 aliphatic heterocycles. The Balaban J connectivity index is 2.40. The summed E-state index contributed by atoms with van der Waals surface area (Å²) in [6.07, 6.45) is 3.98. The first-order chi connectivity index (χ1) is 8.47. The molecule has 4 heteroatoms. The predicted molar refractivity (Wildman–Crippen MR) is 73.0 cm³/mol. The van der Waals surface area contributed by atoms with Crippen LogP contribution in [0.15, 0.2) is 33.5 Å². The zero-order chi connectivity index (χ0) is 12.9. The molecule has 0 unspecified atom stereocenters. The topological polar surface area (TPSA) is 52.3 Å². The summed E-state index contributed by atoms with van der Waals surface area (Å²) in [5, 5.41) is 2.44. The Kier molecular flexibility index (Phi) is 2.44. The molecule has 2 N–H and O–H groups in total. The van der Waals surface area contributed by atoms with E-state index in [4.69, 9.17) is 26.2 Å². The molecular weight excluding hydrogens is 250 g/mol. The van der Waals surface area contributed by atoms with Crippen molar-refractivity contribution in [2.75, 3.05) is 0 Å². The van der Waals surface area contributed by atoms with Crippen LogP contribution in [0.3, 0.4) is 0 Å². The molecule has 0 aliphatic carbocycles. The van der Waals surface area contributed by atoms with Crippen molar-refractivity contribution in [3.63, 3.8) is 0 Å². The maximum atomic E-state index is 6.32. The van der Waals surface area contributed by atoms with Gasteiger partial charge >= 0.3 is 0 Å². The van der Waals surface area contributed by atoms with Gasteiger partial charge < -0.3 is 14.6 Å². The summed E-state index contributed by atoms with van der Waals surface area (Å²) in [5.74, 6) is 0. The van der Waals surface area contributed by atoms with Gasteiger partial charge in [0.25, 0.3) is 0 Å². The van der Waals surface area contributed by atoms with Crippen LogP contribution in [0.4, 0.5) is 0 Å². The second-order valence-corrected chi connectivity index (χ2v) is 5.66. The average Bonchev–Trinajstić information content (AvgIpc) is 2.91. The van der Waals surface area contributed by atoms with Crippen molar-refractivity contribution in [1.82, 2.24) is 0 Å². The highest BCUT2D eigenvalue weighted by Gasteiger charge is 2.21. The van der Waals surface area contributed by atoms with Gasteiger partial charge in [0.15, 0.2) is 5.58 Å². The molecule has 0 bridgehead atoms. The minimum Gasteiger partial charge on any atom is -0.464 e. The minimum absolute atomic E-state index is 0.322. The summed E-state index contributed by atoms with van der Waals surface area (Å²) in [7, 11) is 0. The van der Waals surface area contributed by atoms with E-state index in [1.54, 1.807) is 12.5 Å². The molecule has 2 aromatic heterocycles. The third kappa shape index (κ3) is 1.71. The lowest BCUT2D eigenvalue weighted by atomic mass is 9.93. The van der Waals surface area contributed by atoms with Crippen LogP contribution in [0.1, 0.15) is 19.4 Å². The van der Waals surface area contributed by atoms with E-state index in [-0.39, 0.29) is 5.54 Å². The van der Waals surface area contributed by atoms with Crippen LogP contribution in [0, 0.1) is 0 Å². The molecule has 0 spiro atoms. The lowest BCUT2D eigenvalue weighted by Crippen LogP contribution is -2.34. The Bertz CT molecular complexity index is 667. The molecule has 2 heterocycles. The molecule has 0 fully saturated rings. The third-order valence-electron chi connectivity index (χ3n) is 3.00. The van der Waals surface area contributed by atoms with Crippen molar-refractivity contribution in [2.24, 2.45) is 5.73 Å². The number of halogens is 1. The van der Waals surface area contributed by atoms with Gasteiger partial charge in [-0.2, -0.15) is 0 Å². The zero-order valence-corrected chi connectivity index (χ0v) is 11.0. The van der Waals surface area contributed by atoms with Crippen LogP contribution >= 0.6 is 11.6 Å². The van der Waals surface area contributed by atoms with E-state index >= 15 is 0 Å². The third-order valence-corrected chi connectivity index (χ3v) is 3.37. The summed E-state index contributed by atoms with van der Waals surface area (Å²) in [5.41, 5.74) is 8.35. The van der Waals surface area contributed by atoms with Gasteiger partial charge in [0, 0.05) is 21.9 Å². The van der Waals surface area contributed by atoms with Crippen LogP contribution in [-0.4, -0.2) is 5.54 Å². The lowest BCUT2D eigenvalue weighted by molar-refractivity contribution is 0.513. The highest BCUT2D eigenvalue weighted by atomic mass is 35.5. The second kappa shape index (κ2) is 3.77. The van der Waals surface area contributed by atoms with Gasteiger partial charge in [-0.05, 0) is 32.4 Å². The fourth-order valence-electron chi connectivity index (χ4n) is 2.31. The normalized spacial score (nSPS) is 12.7. The molecule has 0 amide bonds. The van der Waals surface area contributed by atoms with Crippen LogP contribution < -0.4 is 5.73 Å². The van der Waals surface area contributed by atoms with E-state index in [0.29, 0.717) is 17.0 Å². The van der Waals surface area contributed by atoms with Crippen molar-refractivity contribution in [2.45, 2.75) is 25.8 Å². The first kappa shape index (κ1) is 11.6. The number of hydrogen-bond acceptors (Lipinski definition) is 3. The molecule has 94 valence electrons. The van der Waals surface area contributed by atoms with E-state index in [2.05, 4.69) is 0 Å². The first-order valence-corrected chi connectivity index (χ1v) is 6.19. The van der Waals surface area contributed by atoms with E-state index in [9.17, 15) is 0 Å². The number of furan rings is 2. The average molecular weight is 264 g/mol. The monoisotopic (exact) mass is 263 g/mol. The van der Waals surface area contributed by atoms with Crippen LogP contribution in [0.5, 0.6) is 0 Å². The molecule has 0 saturated heterocycles. The number of benzene rings is 1. The van der Waals surface area contributed by atoms with Gasteiger partial charge in [-0.25, -0.2) is 0 Å². The summed E-state index contributed by atoms with van der Waals surface area (Å²) in [6, 6.07) is 3.76. The summed E-state index contributed by atoms with van der Waals surface area (Å²) in [6.45, 7) is 3.98. The van der Waals surface area contributed by atoms with Gasteiger partial charge in [-0.15, -0.1) is 0 Å². The molecule has 3 nitrogen and oxygen atoms in total. The summed E-state index contributed by atoms with van der Waals surface area (Å²) >= 11 is 6.32. The zero-order valence-electron chi connectivity index (χ0n) is 10.3. The molecule has 3 rings (SSSR count). The van der Waals surface area contributed by atoms with Crippen LogP contribution in [-0.2, 0) is 6.42 Å².